The number of rotatable bonds is 0. The lowest BCUT2D eigenvalue weighted by Crippen LogP contribution is -1.88. The largest absolute Gasteiger partial charge is 0.361 e. The van der Waals surface area contributed by atoms with E-state index in [4.69, 9.17) is 0 Å². The molecule has 0 aliphatic carbocycles. The Morgan fingerprint density at radius 3 is 3.23 bits per heavy atom. The van der Waals surface area contributed by atoms with Gasteiger partial charge in [0.2, 0.25) is 0 Å². The van der Waals surface area contributed by atoms with Crippen LogP contribution in [0.2, 0.25) is 0 Å². The van der Waals surface area contributed by atoms with Gasteiger partial charge in [-0.1, -0.05) is 0 Å². The predicted octanol–water partition coefficient (Wildman–Crippen LogP) is 2.82. The van der Waals surface area contributed by atoms with E-state index in [-0.39, 0.29) is 0 Å². The van der Waals surface area contributed by atoms with Gasteiger partial charge in [0.1, 0.15) is 0 Å². The number of hydrogen-bond acceptors (Lipinski definition) is 1. The summed E-state index contributed by atoms with van der Waals surface area (Å²) in [5.41, 5.74) is 4.87. The first-order chi connectivity index (χ1) is 6.33. The molecule has 0 saturated carbocycles. The Labute approximate surface area is 76.3 Å². The lowest BCUT2D eigenvalue weighted by atomic mass is 10.1. The molecule has 0 atom stereocenters. The molecule has 0 spiro atoms. The molecule has 1 aromatic carbocycles. The van der Waals surface area contributed by atoms with Crippen LogP contribution in [-0.4, -0.2) is 10.7 Å². The zero-order chi connectivity index (χ0) is 8.84. The molecule has 1 aliphatic heterocycles. The second-order valence-electron chi connectivity index (χ2n) is 3.57. The number of hydrogen-bond donors (Lipinski definition) is 1. The first kappa shape index (κ1) is 6.89. The molecule has 0 amide bonds. The minimum Gasteiger partial charge on any atom is -0.361 e. The summed E-state index contributed by atoms with van der Waals surface area (Å²) in [6.45, 7) is 2.08. The molecule has 2 nitrogen and oxygen atoms in total. The number of nitrogens with zero attached hydrogens (tertiary/aromatic N) is 1. The van der Waals surface area contributed by atoms with E-state index in [0.717, 1.165) is 12.1 Å². The highest BCUT2D eigenvalue weighted by Gasteiger charge is 2.11. The molecule has 2 heteroatoms. The summed E-state index contributed by atoms with van der Waals surface area (Å²) in [6, 6.07) is 6.45. The van der Waals surface area contributed by atoms with Crippen molar-refractivity contribution < 1.29 is 0 Å². The Balaban J connectivity index is 2.34. The number of aliphatic imine (C=N–C) groups is 1. The average molecular weight is 170 g/mol. The second-order valence-corrected chi connectivity index (χ2v) is 3.57. The van der Waals surface area contributed by atoms with Crippen LogP contribution in [0.4, 0.5) is 5.69 Å². The fraction of sp³-hybridized carbons (Fsp3) is 0.182. The lowest BCUT2D eigenvalue weighted by molar-refractivity contribution is 1.40. The first-order valence-electron chi connectivity index (χ1n) is 4.47. The summed E-state index contributed by atoms with van der Waals surface area (Å²) in [4.78, 5) is 7.67. The number of H-pyrrole nitrogens is 1. The number of benzene rings is 1. The summed E-state index contributed by atoms with van der Waals surface area (Å²) >= 11 is 0. The number of nitrogens with one attached hydrogen (secondary N) is 1. The summed E-state index contributed by atoms with van der Waals surface area (Å²) in [5, 5.41) is 1.28. The molecule has 0 bridgehead atoms. The quantitative estimate of drug-likeness (QED) is 0.629. The molecule has 2 heterocycles. The topological polar surface area (TPSA) is 28.1 Å². The molecule has 3 rings (SSSR count). The van der Waals surface area contributed by atoms with Crippen molar-refractivity contribution in [2.75, 3.05) is 0 Å². The normalized spacial score (nSPS) is 14.7. The number of aromatic nitrogens is 1. The maximum atomic E-state index is 4.48. The molecule has 13 heavy (non-hydrogen) atoms. The summed E-state index contributed by atoms with van der Waals surface area (Å²) < 4.78 is 0. The number of fused-ring (bicyclic) bond motifs is 2. The molecule has 1 aromatic heterocycles. The molecule has 1 aliphatic rings. The van der Waals surface area contributed by atoms with Gasteiger partial charge in [0.25, 0.3) is 0 Å². The third kappa shape index (κ3) is 0.917. The van der Waals surface area contributed by atoms with E-state index in [0.29, 0.717) is 0 Å². The van der Waals surface area contributed by atoms with Crippen LogP contribution in [0.3, 0.4) is 0 Å². The van der Waals surface area contributed by atoms with Gasteiger partial charge in [-0.05, 0) is 36.1 Å². The van der Waals surface area contributed by atoms with Crippen LogP contribution < -0.4 is 0 Å². The Bertz CT molecular complexity index is 506. The summed E-state index contributed by atoms with van der Waals surface area (Å²) in [7, 11) is 0. The van der Waals surface area contributed by atoms with Crippen LogP contribution in [0.15, 0.2) is 29.4 Å². The van der Waals surface area contributed by atoms with Gasteiger partial charge in [-0.2, -0.15) is 0 Å². The predicted molar refractivity (Wildman–Crippen MR) is 54.8 cm³/mol. The SMILES string of the molecule is CC1=Nc2cc3[nH]ccc3cc2C1. The van der Waals surface area contributed by atoms with Gasteiger partial charge in [0, 0.05) is 23.8 Å². The van der Waals surface area contributed by atoms with E-state index in [1.54, 1.807) is 0 Å². The lowest BCUT2D eigenvalue weighted by Gasteiger charge is -1.96. The molecule has 2 aromatic rings. The third-order valence-corrected chi connectivity index (χ3v) is 2.51. The van der Waals surface area contributed by atoms with E-state index < -0.39 is 0 Å². The zero-order valence-electron chi connectivity index (χ0n) is 7.46. The Hall–Kier alpha value is -1.57. The van der Waals surface area contributed by atoms with Crippen molar-refractivity contribution in [1.82, 2.24) is 4.98 Å². The van der Waals surface area contributed by atoms with Gasteiger partial charge < -0.3 is 4.98 Å². The average Bonchev–Trinajstić information content (AvgIpc) is 2.63. The van der Waals surface area contributed by atoms with Crippen molar-refractivity contribution in [3.8, 4) is 0 Å². The maximum absolute atomic E-state index is 4.48. The fourth-order valence-corrected chi connectivity index (χ4v) is 1.90. The summed E-state index contributed by atoms with van der Waals surface area (Å²) in [6.07, 6.45) is 2.98. The van der Waals surface area contributed by atoms with Crippen LogP contribution in [0.25, 0.3) is 10.9 Å². The van der Waals surface area contributed by atoms with Crippen molar-refractivity contribution in [2.45, 2.75) is 13.3 Å². The molecular weight excluding hydrogens is 160 g/mol. The summed E-state index contributed by atoms with van der Waals surface area (Å²) in [5.74, 6) is 0. The molecular formula is C11H10N2. The van der Waals surface area contributed by atoms with Crippen molar-refractivity contribution >= 4 is 22.3 Å². The van der Waals surface area contributed by atoms with Crippen molar-refractivity contribution in [3.63, 3.8) is 0 Å². The van der Waals surface area contributed by atoms with Gasteiger partial charge in [-0.15, -0.1) is 0 Å². The van der Waals surface area contributed by atoms with E-state index in [9.17, 15) is 0 Å². The van der Waals surface area contributed by atoms with Gasteiger partial charge in [0.15, 0.2) is 0 Å². The van der Waals surface area contributed by atoms with Crippen LogP contribution in [0.1, 0.15) is 12.5 Å². The highest BCUT2D eigenvalue weighted by molar-refractivity contribution is 5.96. The molecule has 64 valence electrons. The van der Waals surface area contributed by atoms with Gasteiger partial charge in [-0.25, -0.2) is 0 Å². The molecule has 0 unspecified atom stereocenters. The van der Waals surface area contributed by atoms with Crippen LogP contribution in [-0.2, 0) is 6.42 Å². The van der Waals surface area contributed by atoms with Crippen LogP contribution >= 0.6 is 0 Å². The standard InChI is InChI=1S/C11H10N2/c1-7-4-9-5-8-2-3-12-10(8)6-11(9)13-7/h2-3,5-6,12H,4H2,1H3. The monoisotopic (exact) mass is 170 g/mol. The smallest absolute Gasteiger partial charge is 0.0685 e. The van der Waals surface area contributed by atoms with Gasteiger partial charge >= 0.3 is 0 Å². The zero-order valence-corrected chi connectivity index (χ0v) is 7.46. The number of aromatic amines is 1. The maximum Gasteiger partial charge on any atom is 0.0685 e. The van der Waals surface area contributed by atoms with Crippen molar-refractivity contribution in [2.24, 2.45) is 4.99 Å². The van der Waals surface area contributed by atoms with Gasteiger partial charge in [0.05, 0.1) is 5.69 Å². The van der Waals surface area contributed by atoms with Crippen molar-refractivity contribution in [1.29, 1.82) is 0 Å². The van der Waals surface area contributed by atoms with E-state index in [1.165, 1.54) is 22.2 Å². The second kappa shape index (κ2) is 2.22. The highest BCUT2D eigenvalue weighted by Crippen LogP contribution is 2.30. The molecule has 0 saturated heterocycles. The Morgan fingerprint density at radius 1 is 1.38 bits per heavy atom. The van der Waals surface area contributed by atoms with Gasteiger partial charge in [-0.3, -0.25) is 4.99 Å². The Kier molecular flexibility index (Phi) is 1.18. The van der Waals surface area contributed by atoms with Crippen LogP contribution in [0.5, 0.6) is 0 Å². The third-order valence-electron chi connectivity index (χ3n) is 2.51. The molecule has 1 N–H and O–H groups in total. The highest BCUT2D eigenvalue weighted by atomic mass is 14.8. The molecule has 0 fully saturated rings. The minimum atomic E-state index is 1.01. The minimum absolute atomic E-state index is 1.01. The van der Waals surface area contributed by atoms with Crippen molar-refractivity contribution in [3.05, 3.63) is 30.0 Å². The fourth-order valence-electron chi connectivity index (χ4n) is 1.90. The van der Waals surface area contributed by atoms with E-state index in [2.05, 4.69) is 35.1 Å². The van der Waals surface area contributed by atoms with Crippen LogP contribution in [0, 0.1) is 0 Å². The Morgan fingerprint density at radius 2 is 2.31 bits per heavy atom. The van der Waals surface area contributed by atoms with E-state index in [1.807, 2.05) is 6.20 Å². The first-order valence-corrected chi connectivity index (χ1v) is 4.47. The van der Waals surface area contributed by atoms with E-state index >= 15 is 0 Å². The molecule has 0 radical (unpaired) electrons.